The predicted octanol–water partition coefficient (Wildman–Crippen LogP) is 1.18. The monoisotopic (exact) mass is 231 g/mol. The van der Waals surface area contributed by atoms with Gasteiger partial charge in [-0.2, -0.15) is 0 Å². The Morgan fingerprint density at radius 1 is 1.47 bits per heavy atom. The second-order valence-electron chi connectivity index (χ2n) is 4.05. The lowest BCUT2D eigenvalue weighted by Crippen LogP contribution is -2.30. The van der Waals surface area contributed by atoms with E-state index in [1.807, 2.05) is 0 Å². The van der Waals surface area contributed by atoms with Gasteiger partial charge in [0.25, 0.3) is 0 Å². The van der Waals surface area contributed by atoms with Gasteiger partial charge >= 0.3 is 0 Å². The fraction of sp³-hybridized carbons (Fsp3) is 0.333. The molecule has 5 N–H and O–H groups in total. The lowest BCUT2D eigenvalue weighted by molar-refractivity contribution is 0.793. The maximum Gasteiger partial charge on any atom is 0.217 e. The first-order valence-electron chi connectivity index (χ1n) is 5.63. The number of aryl methyl sites for hydroxylation is 1. The first-order valence-corrected chi connectivity index (χ1v) is 5.63. The van der Waals surface area contributed by atoms with Crippen molar-refractivity contribution in [1.29, 1.82) is 0 Å². The van der Waals surface area contributed by atoms with Gasteiger partial charge in [-0.15, -0.1) is 0 Å². The fourth-order valence-electron chi connectivity index (χ4n) is 1.90. The van der Waals surface area contributed by atoms with Gasteiger partial charge in [0.05, 0.1) is 0 Å². The van der Waals surface area contributed by atoms with E-state index in [4.69, 9.17) is 11.5 Å². The van der Waals surface area contributed by atoms with Crippen LogP contribution in [0.4, 0.5) is 5.69 Å². The van der Waals surface area contributed by atoms with Gasteiger partial charge in [-0.25, -0.2) is 9.98 Å². The summed E-state index contributed by atoms with van der Waals surface area (Å²) in [5.74, 6) is 0.0396. The van der Waals surface area contributed by atoms with Crippen molar-refractivity contribution in [2.45, 2.75) is 26.6 Å². The normalized spacial score (nSPS) is 17.8. The lowest BCUT2D eigenvalue weighted by Gasteiger charge is -2.23. The predicted molar refractivity (Wildman–Crippen MR) is 71.2 cm³/mol. The van der Waals surface area contributed by atoms with E-state index >= 15 is 0 Å². The third-order valence-corrected chi connectivity index (χ3v) is 2.65. The molecule has 0 bridgehead atoms. The number of hydrogen-bond acceptors (Lipinski definition) is 3. The van der Waals surface area contributed by atoms with Gasteiger partial charge in [-0.3, -0.25) is 0 Å². The first-order chi connectivity index (χ1) is 8.10. The van der Waals surface area contributed by atoms with Crippen LogP contribution >= 0.6 is 0 Å². The van der Waals surface area contributed by atoms with Crippen LogP contribution in [0, 0.1) is 6.92 Å². The van der Waals surface area contributed by atoms with E-state index in [-0.39, 0.29) is 5.96 Å². The van der Waals surface area contributed by atoms with Gasteiger partial charge in [0.1, 0.15) is 0 Å². The van der Waals surface area contributed by atoms with Gasteiger partial charge in [-0.1, -0.05) is 19.1 Å². The van der Waals surface area contributed by atoms with Crippen LogP contribution in [0.1, 0.15) is 24.5 Å². The molecule has 0 saturated heterocycles. The molecule has 0 aliphatic carbocycles. The van der Waals surface area contributed by atoms with Crippen LogP contribution in [0.25, 0.3) is 0 Å². The standard InChI is InChI=1S/C12H17N5/c1-3-9-8-5-4-7(2)6-10(8)16-12(15-9)17-11(13)14/h4-6,12,16H,3H2,1-2H3,(H4,13,14,17). The molecule has 1 atom stereocenters. The zero-order chi connectivity index (χ0) is 12.4. The van der Waals surface area contributed by atoms with Crippen molar-refractivity contribution >= 4 is 17.4 Å². The highest BCUT2D eigenvalue weighted by molar-refractivity contribution is 6.06. The van der Waals surface area contributed by atoms with Gasteiger partial charge in [0.15, 0.2) is 5.96 Å². The summed E-state index contributed by atoms with van der Waals surface area (Å²) in [5, 5.41) is 3.20. The van der Waals surface area contributed by atoms with Crippen LogP contribution in [0.15, 0.2) is 28.2 Å². The number of nitrogens with two attached hydrogens (primary N) is 2. The molecular weight excluding hydrogens is 214 g/mol. The molecule has 1 aliphatic rings. The molecule has 1 heterocycles. The average molecular weight is 231 g/mol. The van der Waals surface area contributed by atoms with Gasteiger partial charge in [-0.05, 0) is 25.0 Å². The summed E-state index contributed by atoms with van der Waals surface area (Å²) in [4.78, 5) is 8.51. The second-order valence-corrected chi connectivity index (χ2v) is 4.05. The van der Waals surface area contributed by atoms with E-state index in [0.717, 1.165) is 23.4 Å². The molecule has 0 spiro atoms. The topological polar surface area (TPSA) is 88.8 Å². The number of nitrogens with one attached hydrogen (secondary N) is 1. The summed E-state index contributed by atoms with van der Waals surface area (Å²) >= 11 is 0. The van der Waals surface area contributed by atoms with Crippen LogP contribution in [-0.2, 0) is 0 Å². The van der Waals surface area contributed by atoms with Gasteiger partial charge in [0.2, 0.25) is 6.29 Å². The van der Waals surface area contributed by atoms with E-state index in [0.29, 0.717) is 0 Å². The number of hydrogen-bond donors (Lipinski definition) is 3. The van der Waals surface area contributed by atoms with Crippen molar-refractivity contribution in [2.75, 3.05) is 5.32 Å². The summed E-state index contributed by atoms with van der Waals surface area (Å²) < 4.78 is 0. The Bertz CT molecular complexity index is 486. The Kier molecular flexibility index (Phi) is 2.99. The number of rotatable bonds is 2. The zero-order valence-electron chi connectivity index (χ0n) is 10.1. The molecule has 17 heavy (non-hydrogen) atoms. The van der Waals surface area contributed by atoms with Crippen LogP contribution in [0.3, 0.4) is 0 Å². The molecule has 2 rings (SSSR count). The Labute approximate surface area is 101 Å². The molecule has 1 unspecified atom stereocenters. The number of anilines is 1. The lowest BCUT2D eigenvalue weighted by atomic mass is 10.0. The van der Waals surface area contributed by atoms with E-state index in [2.05, 4.69) is 47.3 Å². The SMILES string of the molecule is CCC1=NC(N=C(N)N)Nc2cc(C)ccc21. The molecule has 0 fully saturated rings. The molecule has 0 aromatic heterocycles. The summed E-state index contributed by atoms with van der Waals surface area (Å²) in [5.41, 5.74) is 15.1. The van der Waals surface area contributed by atoms with Crippen molar-refractivity contribution in [3.8, 4) is 0 Å². The van der Waals surface area contributed by atoms with Crippen molar-refractivity contribution in [3.63, 3.8) is 0 Å². The third-order valence-electron chi connectivity index (χ3n) is 2.65. The van der Waals surface area contributed by atoms with Crippen LogP contribution in [-0.4, -0.2) is 18.0 Å². The average Bonchev–Trinajstić information content (AvgIpc) is 2.26. The third kappa shape index (κ3) is 2.38. The van der Waals surface area contributed by atoms with Crippen molar-refractivity contribution in [3.05, 3.63) is 29.3 Å². The molecule has 1 aliphatic heterocycles. The molecule has 90 valence electrons. The molecule has 5 nitrogen and oxygen atoms in total. The molecule has 1 aromatic carbocycles. The molecule has 0 saturated carbocycles. The molecule has 0 radical (unpaired) electrons. The number of benzene rings is 1. The van der Waals surface area contributed by atoms with Crippen LogP contribution < -0.4 is 16.8 Å². The van der Waals surface area contributed by atoms with E-state index in [9.17, 15) is 0 Å². The maximum atomic E-state index is 5.38. The minimum Gasteiger partial charge on any atom is -0.370 e. The minimum absolute atomic E-state index is 0.0396. The summed E-state index contributed by atoms with van der Waals surface area (Å²) in [6, 6.07) is 6.23. The molecule has 1 aromatic rings. The van der Waals surface area contributed by atoms with Crippen LogP contribution in [0.2, 0.25) is 0 Å². The Hall–Kier alpha value is -2.04. The largest absolute Gasteiger partial charge is 0.370 e. The highest BCUT2D eigenvalue weighted by Crippen LogP contribution is 2.25. The number of fused-ring (bicyclic) bond motifs is 1. The smallest absolute Gasteiger partial charge is 0.217 e. The molecule has 0 amide bonds. The van der Waals surface area contributed by atoms with Gasteiger partial charge in [0, 0.05) is 17.0 Å². The number of aliphatic imine (C=N–C) groups is 2. The highest BCUT2D eigenvalue weighted by atomic mass is 15.3. The number of nitrogens with zero attached hydrogens (tertiary/aromatic N) is 2. The van der Waals surface area contributed by atoms with Crippen molar-refractivity contribution in [2.24, 2.45) is 21.5 Å². The summed E-state index contributed by atoms with van der Waals surface area (Å²) in [7, 11) is 0. The maximum absolute atomic E-state index is 5.38. The quantitative estimate of drug-likeness (QED) is 0.527. The Balaban J connectivity index is 2.42. The van der Waals surface area contributed by atoms with E-state index in [1.165, 1.54) is 5.56 Å². The summed E-state index contributed by atoms with van der Waals surface area (Å²) in [6.45, 7) is 4.12. The second kappa shape index (κ2) is 4.45. The zero-order valence-corrected chi connectivity index (χ0v) is 10.1. The Morgan fingerprint density at radius 3 is 2.88 bits per heavy atom. The van der Waals surface area contributed by atoms with Crippen LogP contribution in [0.5, 0.6) is 0 Å². The fourth-order valence-corrected chi connectivity index (χ4v) is 1.90. The minimum atomic E-state index is -0.413. The van der Waals surface area contributed by atoms with E-state index < -0.39 is 6.29 Å². The molecule has 5 heteroatoms. The van der Waals surface area contributed by atoms with Crippen molar-refractivity contribution < 1.29 is 0 Å². The van der Waals surface area contributed by atoms with Crippen molar-refractivity contribution in [1.82, 2.24) is 0 Å². The van der Waals surface area contributed by atoms with Gasteiger partial charge < -0.3 is 16.8 Å². The first kappa shape index (κ1) is 11.4. The highest BCUT2D eigenvalue weighted by Gasteiger charge is 2.18. The van der Waals surface area contributed by atoms with E-state index in [1.54, 1.807) is 0 Å². The number of guanidine groups is 1. The Morgan fingerprint density at radius 2 is 2.24 bits per heavy atom. The summed E-state index contributed by atoms with van der Waals surface area (Å²) in [6.07, 6.45) is 0.443. The molecular formula is C12H17N5.